The molecule has 0 bridgehead atoms. The summed E-state index contributed by atoms with van der Waals surface area (Å²) in [6.45, 7) is 10.5. The Hall–Kier alpha value is -2.49. The second kappa shape index (κ2) is 5.01. The van der Waals surface area contributed by atoms with Gasteiger partial charge in [-0.3, -0.25) is 4.99 Å². The molecule has 1 aliphatic rings. The number of aliphatic imine (C=N–C) groups is 1. The van der Waals surface area contributed by atoms with Crippen molar-refractivity contribution >= 4 is 11.2 Å². The third-order valence-corrected chi connectivity index (χ3v) is 5.78. The number of rotatable bonds is 1. The van der Waals surface area contributed by atoms with Crippen LogP contribution in [0.25, 0.3) is 5.52 Å². The summed E-state index contributed by atoms with van der Waals surface area (Å²) in [7, 11) is 0. The van der Waals surface area contributed by atoms with Gasteiger partial charge in [-0.2, -0.15) is 5.10 Å². The van der Waals surface area contributed by atoms with Crippen molar-refractivity contribution in [1.29, 1.82) is 0 Å². The standard InChI is InChI=1S/C21H22FN3/c1-13-17(12-15-7-6-10-25(15)24-13)19-16-9-8-14(22)11-18(16)20(2,3)21(4,5)23-19/h6-12H,1-5H3. The summed E-state index contributed by atoms with van der Waals surface area (Å²) in [6, 6.07) is 11.1. The lowest BCUT2D eigenvalue weighted by molar-refractivity contribution is 0.302. The number of nitrogens with zero attached hydrogens (tertiary/aromatic N) is 3. The Kier molecular flexibility index (Phi) is 3.21. The number of benzene rings is 1. The maximum atomic E-state index is 14.0. The fourth-order valence-corrected chi connectivity index (χ4v) is 3.55. The molecule has 25 heavy (non-hydrogen) atoms. The van der Waals surface area contributed by atoms with Gasteiger partial charge in [-0.1, -0.05) is 13.8 Å². The Labute approximate surface area is 147 Å². The van der Waals surface area contributed by atoms with Crippen molar-refractivity contribution in [1.82, 2.24) is 9.61 Å². The van der Waals surface area contributed by atoms with E-state index in [9.17, 15) is 4.39 Å². The van der Waals surface area contributed by atoms with E-state index in [4.69, 9.17) is 4.99 Å². The van der Waals surface area contributed by atoms with Gasteiger partial charge in [0.1, 0.15) is 5.82 Å². The number of aromatic nitrogens is 2. The van der Waals surface area contributed by atoms with Crippen molar-refractivity contribution in [3.05, 3.63) is 70.8 Å². The molecule has 4 rings (SSSR count). The molecular weight excluding hydrogens is 313 g/mol. The molecule has 0 aliphatic carbocycles. The molecule has 0 unspecified atom stereocenters. The Morgan fingerprint density at radius 1 is 1.00 bits per heavy atom. The van der Waals surface area contributed by atoms with E-state index in [1.165, 1.54) is 6.07 Å². The van der Waals surface area contributed by atoms with Crippen LogP contribution in [0.4, 0.5) is 4.39 Å². The highest BCUT2D eigenvalue weighted by atomic mass is 19.1. The zero-order chi connectivity index (χ0) is 18.0. The van der Waals surface area contributed by atoms with Crippen molar-refractivity contribution in [2.45, 2.75) is 45.6 Å². The monoisotopic (exact) mass is 335 g/mol. The lowest BCUT2D eigenvalue weighted by Gasteiger charge is -2.44. The van der Waals surface area contributed by atoms with Crippen LogP contribution in [-0.2, 0) is 5.41 Å². The van der Waals surface area contributed by atoms with Crippen LogP contribution in [0.15, 0.2) is 47.6 Å². The third kappa shape index (κ3) is 2.24. The molecule has 1 aromatic carbocycles. The number of hydrogen-bond donors (Lipinski definition) is 0. The molecule has 2 aromatic heterocycles. The van der Waals surface area contributed by atoms with E-state index in [0.717, 1.165) is 33.6 Å². The van der Waals surface area contributed by atoms with Crippen molar-refractivity contribution < 1.29 is 4.39 Å². The Morgan fingerprint density at radius 3 is 2.52 bits per heavy atom. The molecular formula is C21H22FN3. The molecule has 0 amide bonds. The number of aryl methyl sites for hydroxylation is 1. The third-order valence-electron chi connectivity index (χ3n) is 5.78. The van der Waals surface area contributed by atoms with Gasteiger partial charge in [-0.05, 0) is 62.7 Å². The first-order chi connectivity index (χ1) is 11.7. The molecule has 4 heteroatoms. The van der Waals surface area contributed by atoms with Crippen LogP contribution in [0.3, 0.4) is 0 Å². The van der Waals surface area contributed by atoms with E-state index in [1.54, 1.807) is 6.07 Å². The second-order valence-electron chi connectivity index (χ2n) is 7.86. The summed E-state index contributed by atoms with van der Waals surface area (Å²) in [5, 5.41) is 4.65. The largest absolute Gasteiger partial charge is 0.277 e. The van der Waals surface area contributed by atoms with Gasteiger partial charge in [0, 0.05) is 22.7 Å². The predicted octanol–water partition coefficient (Wildman–Crippen LogP) is 4.69. The molecule has 0 saturated heterocycles. The fourth-order valence-electron chi connectivity index (χ4n) is 3.55. The zero-order valence-corrected chi connectivity index (χ0v) is 15.3. The Bertz CT molecular complexity index is 1020. The van der Waals surface area contributed by atoms with Gasteiger partial charge in [-0.25, -0.2) is 8.91 Å². The first-order valence-electron chi connectivity index (χ1n) is 8.56. The summed E-state index contributed by atoms with van der Waals surface area (Å²) in [6.07, 6.45) is 1.94. The lowest BCUT2D eigenvalue weighted by Crippen LogP contribution is -2.46. The van der Waals surface area contributed by atoms with Crippen LogP contribution in [0, 0.1) is 12.7 Å². The van der Waals surface area contributed by atoms with Crippen molar-refractivity contribution in [2.75, 3.05) is 0 Å². The first-order valence-corrected chi connectivity index (χ1v) is 8.56. The van der Waals surface area contributed by atoms with Crippen LogP contribution in [0.5, 0.6) is 0 Å². The highest BCUT2D eigenvalue weighted by Gasteiger charge is 2.44. The van der Waals surface area contributed by atoms with E-state index < -0.39 is 0 Å². The molecule has 3 nitrogen and oxygen atoms in total. The molecule has 0 saturated carbocycles. The van der Waals surface area contributed by atoms with Crippen LogP contribution in [0.1, 0.15) is 50.1 Å². The van der Waals surface area contributed by atoms with Crippen molar-refractivity contribution in [2.24, 2.45) is 4.99 Å². The summed E-state index contributed by atoms with van der Waals surface area (Å²) in [4.78, 5) is 5.11. The predicted molar refractivity (Wildman–Crippen MR) is 99.1 cm³/mol. The number of halogens is 1. The van der Waals surface area contributed by atoms with E-state index in [1.807, 2.05) is 35.8 Å². The molecule has 0 fully saturated rings. The van der Waals surface area contributed by atoms with Gasteiger partial charge >= 0.3 is 0 Å². The van der Waals surface area contributed by atoms with E-state index in [-0.39, 0.29) is 16.8 Å². The van der Waals surface area contributed by atoms with Crippen LogP contribution in [-0.4, -0.2) is 20.9 Å². The van der Waals surface area contributed by atoms with Gasteiger partial charge in [-0.15, -0.1) is 0 Å². The zero-order valence-electron chi connectivity index (χ0n) is 15.3. The smallest absolute Gasteiger partial charge is 0.123 e. The minimum Gasteiger partial charge on any atom is -0.277 e. The van der Waals surface area contributed by atoms with Crippen molar-refractivity contribution in [3.8, 4) is 0 Å². The van der Waals surface area contributed by atoms with Gasteiger partial charge in [0.05, 0.1) is 22.5 Å². The molecule has 1 aliphatic heterocycles. The van der Waals surface area contributed by atoms with Gasteiger partial charge in [0.25, 0.3) is 0 Å². The van der Waals surface area contributed by atoms with Gasteiger partial charge < -0.3 is 0 Å². The minimum absolute atomic E-state index is 0.208. The molecule has 0 N–H and O–H groups in total. The average molecular weight is 335 g/mol. The summed E-state index contributed by atoms with van der Waals surface area (Å²) in [5.41, 5.74) is 5.19. The SMILES string of the molecule is Cc1nn2cccc2cc1C1=NC(C)(C)C(C)(C)c2cc(F)ccc21. The van der Waals surface area contributed by atoms with E-state index >= 15 is 0 Å². The molecule has 0 radical (unpaired) electrons. The van der Waals surface area contributed by atoms with Gasteiger partial charge in [0.2, 0.25) is 0 Å². The van der Waals surface area contributed by atoms with E-state index in [0.29, 0.717) is 0 Å². The van der Waals surface area contributed by atoms with Crippen LogP contribution >= 0.6 is 0 Å². The van der Waals surface area contributed by atoms with Crippen molar-refractivity contribution in [3.63, 3.8) is 0 Å². The molecule has 3 aromatic rings. The first kappa shape index (κ1) is 16.0. The Morgan fingerprint density at radius 2 is 1.76 bits per heavy atom. The van der Waals surface area contributed by atoms with Crippen LogP contribution in [0.2, 0.25) is 0 Å². The summed E-state index contributed by atoms with van der Waals surface area (Å²) in [5.74, 6) is -0.208. The topological polar surface area (TPSA) is 29.7 Å². The maximum Gasteiger partial charge on any atom is 0.123 e. The summed E-state index contributed by atoms with van der Waals surface area (Å²) >= 11 is 0. The number of hydrogen-bond acceptors (Lipinski definition) is 2. The molecule has 128 valence electrons. The summed E-state index contributed by atoms with van der Waals surface area (Å²) < 4.78 is 15.9. The maximum absolute atomic E-state index is 14.0. The normalized spacial score (nSPS) is 18.1. The van der Waals surface area contributed by atoms with Crippen LogP contribution < -0.4 is 0 Å². The minimum atomic E-state index is -0.357. The quantitative estimate of drug-likeness (QED) is 0.634. The number of fused-ring (bicyclic) bond motifs is 2. The molecule has 0 spiro atoms. The highest BCUT2D eigenvalue weighted by molar-refractivity contribution is 6.16. The second-order valence-corrected chi connectivity index (χ2v) is 7.86. The lowest BCUT2D eigenvalue weighted by atomic mass is 9.65. The molecule has 0 atom stereocenters. The Balaban J connectivity index is 2.03. The van der Waals surface area contributed by atoms with Gasteiger partial charge in [0.15, 0.2) is 0 Å². The fraction of sp³-hybridized carbons (Fsp3) is 0.333. The van der Waals surface area contributed by atoms with E-state index in [2.05, 4.69) is 38.9 Å². The average Bonchev–Trinajstić information content (AvgIpc) is 2.98. The highest BCUT2D eigenvalue weighted by Crippen LogP contribution is 2.44. The molecule has 3 heterocycles.